The van der Waals surface area contributed by atoms with Crippen LogP contribution >= 0.6 is 23.2 Å². The summed E-state index contributed by atoms with van der Waals surface area (Å²) < 4.78 is 48.2. The molecule has 0 aliphatic carbocycles. The average molecular weight is 466 g/mol. The highest BCUT2D eigenvalue weighted by Crippen LogP contribution is 2.44. The normalized spacial score (nSPS) is 11.1. The molecule has 0 unspecified atom stereocenters. The molecule has 0 fully saturated rings. The quantitative estimate of drug-likeness (QED) is 0.382. The van der Waals surface area contributed by atoms with Gasteiger partial charge in [0, 0.05) is 12.1 Å². The van der Waals surface area contributed by atoms with Gasteiger partial charge in [-0.15, -0.1) is 0 Å². The van der Waals surface area contributed by atoms with E-state index >= 15 is 0 Å². The Bertz CT molecular complexity index is 1120. The Hall–Kier alpha value is -2.96. The summed E-state index contributed by atoms with van der Waals surface area (Å²) in [5.41, 5.74) is -0.895. The van der Waals surface area contributed by atoms with E-state index in [1.807, 2.05) is 0 Å². The third kappa shape index (κ3) is 5.40. The van der Waals surface area contributed by atoms with Gasteiger partial charge in [0.2, 0.25) is 5.91 Å². The predicted molar refractivity (Wildman–Crippen MR) is 116 cm³/mol. The number of carbonyl (C=O) groups is 1. The van der Waals surface area contributed by atoms with Gasteiger partial charge in [-0.3, -0.25) is 4.79 Å². The number of anilines is 1. The van der Waals surface area contributed by atoms with Crippen molar-refractivity contribution in [2.75, 3.05) is 5.32 Å². The lowest BCUT2D eigenvalue weighted by Crippen LogP contribution is -2.16. The van der Waals surface area contributed by atoms with Crippen molar-refractivity contribution >= 4 is 34.8 Å². The number of halogens is 5. The highest BCUT2D eigenvalue weighted by molar-refractivity contribution is 6.42. The van der Waals surface area contributed by atoms with Crippen LogP contribution in [0.15, 0.2) is 73.3 Å². The Labute approximate surface area is 187 Å². The first kappa shape index (κ1) is 22.7. The second kappa shape index (κ2) is 9.45. The molecule has 0 saturated carbocycles. The highest BCUT2D eigenvalue weighted by Gasteiger charge is 2.39. The zero-order valence-electron chi connectivity index (χ0n) is 16.0. The first-order chi connectivity index (χ1) is 14.7. The van der Waals surface area contributed by atoms with E-state index in [9.17, 15) is 18.0 Å². The van der Waals surface area contributed by atoms with E-state index in [1.165, 1.54) is 12.1 Å². The van der Waals surface area contributed by atoms with E-state index in [1.54, 1.807) is 42.5 Å². The lowest BCUT2D eigenvalue weighted by Gasteiger charge is -2.21. The molecule has 0 aliphatic heterocycles. The molecule has 1 N–H and O–H groups in total. The van der Waals surface area contributed by atoms with E-state index in [4.69, 9.17) is 27.9 Å². The second-order valence-electron chi connectivity index (χ2n) is 6.46. The number of benzene rings is 3. The number of hydrogen-bond donors (Lipinski definition) is 1. The van der Waals surface area contributed by atoms with Crippen LogP contribution in [0.1, 0.15) is 16.7 Å². The molecular weight excluding hydrogens is 450 g/mol. The van der Waals surface area contributed by atoms with Crippen LogP contribution in [0.4, 0.5) is 18.9 Å². The Morgan fingerprint density at radius 2 is 1.74 bits per heavy atom. The summed E-state index contributed by atoms with van der Waals surface area (Å²) >= 11 is 12.2. The van der Waals surface area contributed by atoms with Gasteiger partial charge in [0.1, 0.15) is 17.1 Å². The molecule has 0 heterocycles. The predicted octanol–water partition coefficient (Wildman–Crippen LogP) is 7.52. The fourth-order valence-electron chi connectivity index (χ4n) is 3.00. The van der Waals surface area contributed by atoms with Crippen LogP contribution in [0.5, 0.6) is 11.5 Å². The van der Waals surface area contributed by atoms with Gasteiger partial charge >= 0.3 is 6.18 Å². The fourth-order valence-corrected chi connectivity index (χ4v) is 3.38. The van der Waals surface area contributed by atoms with Crippen molar-refractivity contribution in [3.8, 4) is 11.5 Å². The Morgan fingerprint density at radius 3 is 2.39 bits per heavy atom. The molecule has 0 spiro atoms. The fraction of sp³-hybridized carbons (Fsp3) is 0.0870. The zero-order valence-corrected chi connectivity index (χ0v) is 17.5. The van der Waals surface area contributed by atoms with Gasteiger partial charge in [-0.1, -0.05) is 60.1 Å². The molecule has 3 nitrogen and oxygen atoms in total. The van der Waals surface area contributed by atoms with Crippen molar-refractivity contribution in [1.29, 1.82) is 0 Å². The number of hydrogen-bond acceptors (Lipinski definition) is 2. The molecule has 0 saturated heterocycles. The van der Waals surface area contributed by atoms with Gasteiger partial charge < -0.3 is 10.1 Å². The molecule has 0 atom stereocenters. The largest absolute Gasteiger partial charge is 0.457 e. The number of carbonyl (C=O) groups excluding carboxylic acids is 1. The minimum Gasteiger partial charge on any atom is -0.457 e. The number of alkyl halides is 3. The summed E-state index contributed by atoms with van der Waals surface area (Å²) in [7, 11) is 0. The minimum absolute atomic E-state index is 0.0336. The van der Waals surface area contributed by atoms with Crippen LogP contribution in [-0.2, 0) is 17.4 Å². The summed E-state index contributed by atoms with van der Waals surface area (Å²) in [6, 6.07) is 15.3. The van der Waals surface area contributed by atoms with E-state index in [0.29, 0.717) is 5.56 Å². The molecule has 1 amide bonds. The monoisotopic (exact) mass is 465 g/mol. The van der Waals surface area contributed by atoms with Gasteiger partial charge in [-0.05, 0) is 47.5 Å². The average Bonchev–Trinajstić information content (AvgIpc) is 2.72. The maximum absolute atomic E-state index is 14.2. The first-order valence-electron chi connectivity index (χ1n) is 9.03. The number of rotatable bonds is 6. The van der Waals surface area contributed by atoms with Gasteiger partial charge in [0.25, 0.3) is 0 Å². The minimum atomic E-state index is -4.78. The molecule has 0 aromatic heterocycles. The second-order valence-corrected chi connectivity index (χ2v) is 7.25. The lowest BCUT2D eigenvalue weighted by molar-refractivity contribution is -0.139. The van der Waals surface area contributed by atoms with Crippen LogP contribution in [-0.4, -0.2) is 5.91 Å². The third-order valence-electron chi connectivity index (χ3n) is 4.37. The van der Waals surface area contributed by atoms with Crippen molar-refractivity contribution in [3.05, 3.63) is 100 Å². The van der Waals surface area contributed by atoms with Crippen molar-refractivity contribution < 1.29 is 22.7 Å². The van der Waals surface area contributed by atoms with Crippen molar-refractivity contribution in [1.82, 2.24) is 0 Å². The van der Waals surface area contributed by atoms with E-state index < -0.39 is 23.4 Å². The van der Waals surface area contributed by atoms with Crippen LogP contribution in [0.3, 0.4) is 0 Å². The molecule has 0 radical (unpaired) electrons. The molecule has 31 heavy (non-hydrogen) atoms. The van der Waals surface area contributed by atoms with Gasteiger partial charge in [-0.2, -0.15) is 13.2 Å². The number of ether oxygens (including phenoxy) is 1. The molecule has 160 valence electrons. The maximum atomic E-state index is 14.2. The Kier molecular flexibility index (Phi) is 6.93. The van der Waals surface area contributed by atoms with Gasteiger partial charge in [-0.25, -0.2) is 0 Å². The highest BCUT2D eigenvalue weighted by atomic mass is 35.5. The third-order valence-corrected chi connectivity index (χ3v) is 5.23. The maximum Gasteiger partial charge on any atom is 0.420 e. The number of para-hydroxylation sites is 1. The Morgan fingerprint density at radius 1 is 1.03 bits per heavy atom. The number of nitrogens with one attached hydrogen (secondary N) is 1. The standard InChI is InChI=1S/C23H16Cl2F3NO2/c1-2-20(30)29-18-11-12-19(31-15-8-4-3-5-9-15)21(23(26,27)28)16(18)13-14-7-6-10-17(24)22(14)25/h2-12H,1,13H2,(H,29,30). The molecule has 3 aromatic carbocycles. The summed E-state index contributed by atoms with van der Waals surface area (Å²) in [5, 5.41) is 2.77. The van der Waals surface area contributed by atoms with Crippen molar-refractivity contribution in [2.24, 2.45) is 0 Å². The van der Waals surface area contributed by atoms with Crippen molar-refractivity contribution in [2.45, 2.75) is 12.6 Å². The van der Waals surface area contributed by atoms with E-state index in [2.05, 4.69) is 11.9 Å². The summed E-state index contributed by atoms with van der Waals surface area (Å²) in [5.74, 6) is -0.811. The molecule has 3 rings (SSSR count). The smallest absolute Gasteiger partial charge is 0.420 e. The SMILES string of the molecule is C=CC(=O)Nc1ccc(Oc2ccccc2)c(C(F)(F)F)c1Cc1cccc(Cl)c1Cl. The van der Waals surface area contributed by atoms with E-state index in [-0.39, 0.29) is 33.5 Å². The van der Waals surface area contributed by atoms with Gasteiger partial charge in [0.15, 0.2) is 0 Å². The molecule has 0 bridgehead atoms. The lowest BCUT2D eigenvalue weighted by atomic mass is 9.96. The summed E-state index contributed by atoms with van der Waals surface area (Å²) in [6.07, 6.45) is -4.05. The van der Waals surface area contributed by atoms with Crippen LogP contribution in [0.25, 0.3) is 0 Å². The number of amides is 1. The van der Waals surface area contributed by atoms with E-state index in [0.717, 1.165) is 12.1 Å². The van der Waals surface area contributed by atoms with Crippen molar-refractivity contribution in [3.63, 3.8) is 0 Å². The first-order valence-corrected chi connectivity index (χ1v) is 9.78. The summed E-state index contributed by atoms with van der Waals surface area (Å²) in [4.78, 5) is 11.9. The molecule has 0 aliphatic rings. The topological polar surface area (TPSA) is 38.3 Å². The summed E-state index contributed by atoms with van der Waals surface area (Å²) in [6.45, 7) is 3.34. The zero-order chi connectivity index (χ0) is 22.6. The van der Waals surface area contributed by atoms with Crippen LogP contribution in [0, 0.1) is 0 Å². The van der Waals surface area contributed by atoms with Gasteiger partial charge in [0.05, 0.1) is 10.0 Å². The molecule has 8 heteroatoms. The van der Waals surface area contributed by atoms with Crippen LogP contribution < -0.4 is 10.1 Å². The van der Waals surface area contributed by atoms with Crippen LogP contribution in [0.2, 0.25) is 10.0 Å². The molecular formula is C23H16Cl2F3NO2. The Balaban J connectivity index is 2.21. The molecule has 3 aromatic rings.